The summed E-state index contributed by atoms with van der Waals surface area (Å²) >= 11 is 1.69. The van der Waals surface area contributed by atoms with Gasteiger partial charge in [0.2, 0.25) is 0 Å². The first kappa shape index (κ1) is 26.4. The first-order chi connectivity index (χ1) is 18.3. The van der Waals surface area contributed by atoms with E-state index in [0.717, 1.165) is 79.7 Å². The highest BCUT2D eigenvalue weighted by Crippen LogP contribution is 2.31. The fraction of sp³-hybridized carbons (Fsp3) is 0.433. The number of likely N-dealkylation sites (tertiary alicyclic amines) is 1. The van der Waals surface area contributed by atoms with Crippen molar-refractivity contribution in [3.05, 3.63) is 64.5 Å². The average Bonchev–Trinajstić information content (AvgIpc) is 3.38. The molecule has 0 bridgehead atoms. The number of amides is 1. The van der Waals surface area contributed by atoms with Gasteiger partial charge in [-0.25, -0.2) is 4.98 Å². The minimum Gasteiger partial charge on any atom is -0.368 e. The number of carbonyl (C=O) groups excluding carboxylic acids is 2. The van der Waals surface area contributed by atoms with E-state index in [-0.39, 0.29) is 17.7 Å². The monoisotopic (exact) mass is 531 g/mol. The maximum atomic E-state index is 13.8. The predicted octanol–water partition coefficient (Wildman–Crippen LogP) is 4.81. The molecule has 2 aliphatic heterocycles. The van der Waals surface area contributed by atoms with Crippen molar-refractivity contribution >= 4 is 34.5 Å². The number of hydrogen-bond donors (Lipinski definition) is 0. The van der Waals surface area contributed by atoms with Crippen molar-refractivity contribution in [2.24, 2.45) is 0 Å². The van der Waals surface area contributed by atoms with E-state index < -0.39 is 0 Å². The van der Waals surface area contributed by atoms with Crippen molar-refractivity contribution in [3.63, 3.8) is 0 Å². The Morgan fingerprint density at radius 2 is 1.61 bits per heavy atom. The van der Waals surface area contributed by atoms with Crippen LogP contribution >= 0.6 is 11.3 Å². The number of pyridine rings is 1. The minimum atomic E-state index is 0.0539. The van der Waals surface area contributed by atoms with Crippen molar-refractivity contribution in [3.8, 4) is 10.6 Å². The normalized spacial score (nSPS) is 17.1. The Morgan fingerprint density at radius 1 is 0.947 bits per heavy atom. The highest BCUT2D eigenvalue weighted by molar-refractivity contribution is 7.13. The lowest BCUT2D eigenvalue weighted by molar-refractivity contribution is 0.0659. The largest absolute Gasteiger partial charge is 0.368 e. The number of thiophene rings is 1. The van der Waals surface area contributed by atoms with Crippen LogP contribution < -0.4 is 9.80 Å². The quantitative estimate of drug-likeness (QED) is 0.426. The molecule has 0 atom stereocenters. The Balaban J connectivity index is 1.39. The molecule has 1 aromatic carbocycles. The van der Waals surface area contributed by atoms with Crippen molar-refractivity contribution in [2.45, 2.75) is 32.7 Å². The standard InChI is InChI=1S/C30H37N5O2S/c1-21-19-28(38-20-21)27-10-9-26(30(37)33(4)24-11-13-32(3)14-12-24)29(31-27)35-17-15-34(16-18-35)25-7-5-23(6-8-25)22(2)36/h5-10,19-20,24H,11-18H2,1-4H3. The van der Waals surface area contributed by atoms with E-state index in [4.69, 9.17) is 4.98 Å². The molecule has 200 valence electrons. The van der Waals surface area contributed by atoms with Crippen LogP contribution in [0.3, 0.4) is 0 Å². The molecule has 0 spiro atoms. The Hall–Kier alpha value is -3.23. The van der Waals surface area contributed by atoms with E-state index in [1.54, 1.807) is 18.3 Å². The number of piperazine rings is 1. The molecule has 2 saturated heterocycles. The number of carbonyl (C=O) groups is 2. The van der Waals surface area contributed by atoms with E-state index in [9.17, 15) is 9.59 Å². The second-order valence-corrected chi connectivity index (χ2v) is 11.5. The van der Waals surface area contributed by atoms with Gasteiger partial charge in [-0.05, 0) is 100 Å². The maximum Gasteiger partial charge on any atom is 0.257 e. The first-order valence-corrected chi connectivity index (χ1v) is 14.3. The molecule has 2 aliphatic rings. The Bertz CT molecular complexity index is 1290. The van der Waals surface area contributed by atoms with Gasteiger partial charge in [0.15, 0.2) is 5.78 Å². The van der Waals surface area contributed by atoms with Gasteiger partial charge in [-0.3, -0.25) is 9.59 Å². The smallest absolute Gasteiger partial charge is 0.257 e. The number of benzene rings is 1. The van der Waals surface area contributed by atoms with Crippen molar-refractivity contribution in [2.75, 3.05) is 63.2 Å². The third kappa shape index (κ3) is 5.61. The Labute approximate surface area is 229 Å². The topological polar surface area (TPSA) is 60.0 Å². The zero-order valence-corrected chi connectivity index (χ0v) is 23.6. The molecule has 2 aromatic heterocycles. The van der Waals surface area contributed by atoms with Crippen LogP contribution in [0.2, 0.25) is 0 Å². The van der Waals surface area contributed by atoms with Crippen LogP contribution in [0.25, 0.3) is 10.6 Å². The number of aryl methyl sites for hydroxylation is 1. The van der Waals surface area contributed by atoms with Gasteiger partial charge in [0, 0.05) is 50.5 Å². The second-order valence-electron chi connectivity index (χ2n) is 10.6. The van der Waals surface area contributed by atoms with Gasteiger partial charge >= 0.3 is 0 Å². The lowest BCUT2D eigenvalue weighted by atomic mass is 10.0. The summed E-state index contributed by atoms with van der Waals surface area (Å²) in [6.07, 6.45) is 1.99. The molecule has 0 radical (unpaired) electrons. The molecule has 3 aromatic rings. The lowest BCUT2D eigenvalue weighted by Crippen LogP contribution is -2.48. The summed E-state index contributed by atoms with van der Waals surface area (Å²) in [4.78, 5) is 40.6. The van der Waals surface area contributed by atoms with Crippen molar-refractivity contribution in [1.29, 1.82) is 0 Å². The highest BCUT2D eigenvalue weighted by Gasteiger charge is 2.29. The fourth-order valence-corrected chi connectivity index (χ4v) is 6.25. The van der Waals surface area contributed by atoms with E-state index in [0.29, 0.717) is 5.56 Å². The Morgan fingerprint density at radius 3 is 2.21 bits per heavy atom. The number of nitrogens with zero attached hydrogens (tertiary/aromatic N) is 5. The van der Waals surface area contributed by atoms with Crippen LogP contribution in [0.4, 0.5) is 11.5 Å². The molecule has 5 rings (SSSR count). The second kappa shape index (κ2) is 11.3. The molecule has 2 fully saturated rings. The van der Waals surface area contributed by atoms with Gasteiger partial charge in [-0.2, -0.15) is 0 Å². The fourth-order valence-electron chi connectivity index (χ4n) is 5.38. The third-order valence-electron chi connectivity index (χ3n) is 7.86. The number of anilines is 2. The SMILES string of the molecule is CC(=O)c1ccc(N2CCN(c3nc(-c4cc(C)cs4)ccc3C(=O)N(C)C3CCN(C)CC3)CC2)cc1. The van der Waals surface area contributed by atoms with Crippen LogP contribution in [0.5, 0.6) is 0 Å². The maximum absolute atomic E-state index is 13.8. The zero-order valence-electron chi connectivity index (χ0n) is 22.8. The summed E-state index contributed by atoms with van der Waals surface area (Å²) < 4.78 is 0. The summed E-state index contributed by atoms with van der Waals surface area (Å²) in [6, 6.07) is 14.2. The van der Waals surface area contributed by atoms with Gasteiger partial charge in [0.05, 0.1) is 16.1 Å². The van der Waals surface area contributed by atoms with Gasteiger partial charge in [-0.15, -0.1) is 11.3 Å². The molecule has 0 unspecified atom stereocenters. The first-order valence-electron chi connectivity index (χ1n) is 13.4. The van der Waals surface area contributed by atoms with E-state index >= 15 is 0 Å². The molecule has 0 N–H and O–H groups in total. The number of aromatic nitrogens is 1. The summed E-state index contributed by atoms with van der Waals surface area (Å²) in [5, 5.41) is 2.14. The van der Waals surface area contributed by atoms with Gasteiger partial charge in [0.25, 0.3) is 5.91 Å². The molecular weight excluding hydrogens is 494 g/mol. The average molecular weight is 532 g/mol. The molecule has 7 nitrogen and oxygen atoms in total. The van der Waals surface area contributed by atoms with Gasteiger partial charge in [-0.1, -0.05) is 0 Å². The third-order valence-corrected chi connectivity index (χ3v) is 8.93. The molecule has 4 heterocycles. The molecule has 0 aliphatic carbocycles. The van der Waals surface area contributed by atoms with Crippen LogP contribution in [0.15, 0.2) is 47.8 Å². The van der Waals surface area contributed by atoms with Crippen LogP contribution in [-0.4, -0.2) is 85.9 Å². The molecule has 8 heteroatoms. The molecule has 0 saturated carbocycles. The number of Topliss-reactive ketones (excluding diaryl/α,β-unsaturated/α-hetero) is 1. The summed E-state index contributed by atoms with van der Waals surface area (Å²) in [5.74, 6) is 0.916. The van der Waals surface area contributed by atoms with E-state index in [2.05, 4.69) is 40.1 Å². The van der Waals surface area contributed by atoms with E-state index in [1.807, 2.05) is 48.3 Å². The lowest BCUT2D eigenvalue weighted by Gasteiger charge is -2.38. The van der Waals surface area contributed by atoms with Gasteiger partial charge < -0.3 is 19.6 Å². The molecular formula is C30H37N5O2S. The Kier molecular flexibility index (Phi) is 7.81. The van der Waals surface area contributed by atoms with Crippen LogP contribution in [-0.2, 0) is 0 Å². The van der Waals surface area contributed by atoms with Crippen molar-refractivity contribution in [1.82, 2.24) is 14.8 Å². The molecule has 1 amide bonds. The molecule has 38 heavy (non-hydrogen) atoms. The van der Waals surface area contributed by atoms with Crippen LogP contribution in [0, 0.1) is 6.92 Å². The highest BCUT2D eigenvalue weighted by atomic mass is 32.1. The minimum absolute atomic E-state index is 0.0539. The number of piperidine rings is 1. The van der Waals surface area contributed by atoms with Crippen molar-refractivity contribution < 1.29 is 9.59 Å². The predicted molar refractivity (Wildman–Crippen MR) is 156 cm³/mol. The number of hydrogen-bond acceptors (Lipinski definition) is 7. The van der Waals surface area contributed by atoms with Gasteiger partial charge in [0.1, 0.15) is 5.82 Å². The van der Waals surface area contributed by atoms with Crippen LogP contribution in [0.1, 0.15) is 46.0 Å². The zero-order chi connectivity index (χ0) is 26.8. The number of ketones is 1. The summed E-state index contributed by atoms with van der Waals surface area (Å²) in [5.41, 5.74) is 4.67. The summed E-state index contributed by atoms with van der Waals surface area (Å²) in [6.45, 7) is 8.90. The summed E-state index contributed by atoms with van der Waals surface area (Å²) in [7, 11) is 4.09. The number of rotatable bonds is 6. The van der Waals surface area contributed by atoms with E-state index in [1.165, 1.54) is 5.56 Å².